The summed E-state index contributed by atoms with van der Waals surface area (Å²) in [7, 11) is 0. The number of nitriles is 1. The lowest BCUT2D eigenvalue weighted by atomic mass is 10.1. The molecule has 4 nitrogen and oxygen atoms in total. The average Bonchev–Trinajstić information content (AvgIpc) is 3.09. The molecule has 27 heavy (non-hydrogen) atoms. The number of aryl methyl sites for hydroxylation is 1. The molecule has 0 unspecified atom stereocenters. The molecular weight excluding hydrogens is 411 g/mol. The van der Waals surface area contributed by atoms with Crippen LogP contribution in [-0.4, -0.2) is 5.91 Å². The number of halogens is 2. The van der Waals surface area contributed by atoms with Gasteiger partial charge in [-0.2, -0.15) is 5.26 Å². The van der Waals surface area contributed by atoms with E-state index in [2.05, 4.69) is 21.2 Å². The summed E-state index contributed by atoms with van der Waals surface area (Å²) in [6.07, 6.45) is 1.32. The molecule has 0 saturated heterocycles. The molecule has 1 amide bonds. The molecule has 0 aliphatic rings. The lowest BCUT2D eigenvalue weighted by Gasteiger charge is -2.04. The van der Waals surface area contributed by atoms with Crippen molar-refractivity contribution in [3.8, 4) is 17.4 Å². The van der Waals surface area contributed by atoms with Gasteiger partial charge in [0.15, 0.2) is 0 Å². The second-order valence-corrected chi connectivity index (χ2v) is 6.64. The Labute approximate surface area is 164 Å². The highest BCUT2D eigenvalue weighted by Crippen LogP contribution is 2.31. The van der Waals surface area contributed by atoms with Gasteiger partial charge in [0.1, 0.15) is 29.0 Å². The number of benzene rings is 2. The van der Waals surface area contributed by atoms with E-state index < -0.39 is 11.7 Å². The Morgan fingerprint density at radius 1 is 1.22 bits per heavy atom. The summed E-state index contributed by atoms with van der Waals surface area (Å²) in [5.74, 6) is -0.345. The highest BCUT2D eigenvalue weighted by molar-refractivity contribution is 9.10. The Morgan fingerprint density at radius 2 is 2.00 bits per heavy atom. The Balaban J connectivity index is 1.84. The van der Waals surface area contributed by atoms with Gasteiger partial charge in [-0.25, -0.2) is 4.39 Å². The van der Waals surface area contributed by atoms with Gasteiger partial charge in [-0.3, -0.25) is 4.79 Å². The van der Waals surface area contributed by atoms with Crippen molar-refractivity contribution < 1.29 is 13.6 Å². The first-order valence-electron chi connectivity index (χ1n) is 8.02. The van der Waals surface area contributed by atoms with Crippen molar-refractivity contribution in [2.24, 2.45) is 0 Å². The van der Waals surface area contributed by atoms with E-state index in [1.807, 2.05) is 31.2 Å². The molecule has 0 aliphatic heterocycles. The van der Waals surface area contributed by atoms with Gasteiger partial charge in [0, 0.05) is 16.1 Å². The molecule has 0 bridgehead atoms. The summed E-state index contributed by atoms with van der Waals surface area (Å²) in [5, 5.41) is 11.7. The average molecular weight is 425 g/mol. The third-order valence-electron chi connectivity index (χ3n) is 3.79. The van der Waals surface area contributed by atoms with Gasteiger partial charge in [-0.15, -0.1) is 0 Å². The van der Waals surface area contributed by atoms with E-state index in [0.717, 1.165) is 15.6 Å². The Bertz CT molecular complexity index is 1080. The van der Waals surface area contributed by atoms with Crippen molar-refractivity contribution in [1.29, 1.82) is 5.26 Å². The summed E-state index contributed by atoms with van der Waals surface area (Å²) < 4.78 is 20.3. The van der Waals surface area contributed by atoms with E-state index in [4.69, 9.17) is 4.42 Å². The van der Waals surface area contributed by atoms with Gasteiger partial charge in [-0.1, -0.05) is 34.1 Å². The Hall–Kier alpha value is -3.17. The topological polar surface area (TPSA) is 66.0 Å². The number of furan rings is 1. The van der Waals surface area contributed by atoms with Crippen LogP contribution in [0, 0.1) is 24.1 Å². The molecule has 1 heterocycles. The maximum Gasteiger partial charge on any atom is 0.266 e. The maximum absolute atomic E-state index is 13.7. The lowest BCUT2D eigenvalue weighted by Crippen LogP contribution is -2.14. The van der Waals surface area contributed by atoms with Gasteiger partial charge < -0.3 is 9.73 Å². The van der Waals surface area contributed by atoms with Gasteiger partial charge >= 0.3 is 0 Å². The highest BCUT2D eigenvalue weighted by atomic mass is 79.9. The SMILES string of the molecule is Cc1ccc(-c2ccc(/C=C(\C#N)C(=O)Nc3ccccc3F)o2)c(Br)c1. The first kappa shape index (κ1) is 18.6. The van der Waals surface area contributed by atoms with Gasteiger partial charge in [-0.05, 0) is 48.9 Å². The fraction of sp³-hybridized carbons (Fsp3) is 0.0476. The first-order chi connectivity index (χ1) is 13.0. The maximum atomic E-state index is 13.7. The third-order valence-corrected chi connectivity index (χ3v) is 4.45. The number of nitrogens with zero attached hydrogens (tertiary/aromatic N) is 1. The number of amides is 1. The third kappa shape index (κ3) is 4.33. The van der Waals surface area contributed by atoms with Gasteiger partial charge in [0.25, 0.3) is 5.91 Å². The van der Waals surface area contributed by atoms with Crippen LogP contribution in [-0.2, 0) is 4.79 Å². The van der Waals surface area contributed by atoms with E-state index in [9.17, 15) is 14.4 Å². The number of carbonyl (C=O) groups excluding carboxylic acids is 1. The smallest absolute Gasteiger partial charge is 0.266 e. The number of para-hydroxylation sites is 1. The molecule has 0 fully saturated rings. The molecule has 0 spiro atoms. The molecule has 3 aromatic rings. The van der Waals surface area contributed by atoms with Crippen LogP contribution in [0.15, 0.2) is 69.1 Å². The normalized spacial score (nSPS) is 11.1. The van der Waals surface area contributed by atoms with E-state index in [-0.39, 0.29) is 11.3 Å². The molecule has 6 heteroatoms. The van der Waals surface area contributed by atoms with Gasteiger partial charge in [0.2, 0.25) is 0 Å². The largest absolute Gasteiger partial charge is 0.457 e. The predicted molar refractivity (Wildman–Crippen MR) is 105 cm³/mol. The monoisotopic (exact) mass is 424 g/mol. The van der Waals surface area contributed by atoms with Crippen LogP contribution in [0.3, 0.4) is 0 Å². The van der Waals surface area contributed by atoms with E-state index in [1.54, 1.807) is 18.2 Å². The van der Waals surface area contributed by atoms with Crippen molar-refractivity contribution in [2.45, 2.75) is 6.92 Å². The van der Waals surface area contributed by atoms with E-state index >= 15 is 0 Å². The number of hydrogen-bond acceptors (Lipinski definition) is 3. The molecular formula is C21H14BrFN2O2. The zero-order chi connectivity index (χ0) is 19.4. The molecule has 0 atom stereocenters. The fourth-order valence-electron chi connectivity index (χ4n) is 2.44. The summed E-state index contributed by atoms with van der Waals surface area (Å²) in [6, 6.07) is 16.8. The quantitative estimate of drug-likeness (QED) is 0.431. The Kier molecular flexibility index (Phi) is 5.53. The molecule has 0 radical (unpaired) electrons. The molecule has 134 valence electrons. The van der Waals surface area contributed by atoms with Crippen LogP contribution in [0.5, 0.6) is 0 Å². The van der Waals surface area contributed by atoms with Crippen molar-refractivity contribution in [2.75, 3.05) is 5.32 Å². The molecule has 3 rings (SSSR count). The first-order valence-corrected chi connectivity index (χ1v) is 8.81. The molecule has 1 N–H and O–H groups in total. The van der Waals surface area contributed by atoms with E-state index in [1.165, 1.54) is 24.3 Å². The molecule has 0 saturated carbocycles. The van der Waals surface area contributed by atoms with Crippen molar-refractivity contribution in [3.05, 3.63) is 81.8 Å². The minimum absolute atomic E-state index is 0.00682. The van der Waals surface area contributed by atoms with Crippen molar-refractivity contribution in [1.82, 2.24) is 0 Å². The summed E-state index contributed by atoms with van der Waals surface area (Å²) in [6.45, 7) is 1.98. The standard InChI is InChI=1S/C21H14BrFN2O2/c1-13-6-8-16(17(22)10-13)20-9-7-15(27-20)11-14(12-24)21(26)25-19-5-3-2-4-18(19)23/h2-11H,1H3,(H,25,26)/b14-11+. The number of rotatable bonds is 4. The zero-order valence-electron chi connectivity index (χ0n) is 14.3. The van der Waals surface area contributed by atoms with Crippen LogP contribution in [0.1, 0.15) is 11.3 Å². The number of nitrogens with one attached hydrogen (secondary N) is 1. The van der Waals surface area contributed by atoms with Gasteiger partial charge in [0.05, 0.1) is 5.69 Å². The second kappa shape index (κ2) is 8.02. The van der Waals surface area contributed by atoms with Crippen molar-refractivity contribution in [3.63, 3.8) is 0 Å². The van der Waals surface area contributed by atoms with Crippen LogP contribution >= 0.6 is 15.9 Å². The Morgan fingerprint density at radius 3 is 2.70 bits per heavy atom. The minimum atomic E-state index is -0.711. The zero-order valence-corrected chi connectivity index (χ0v) is 15.9. The number of hydrogen-bond donors (Lipinski definition) is 1. The summed E-state index contributed by atoms with van der Waals surface area (Å²) in [5.41, 5.74) is 1.78. The van der Waals surface area contributed by atoms with Crippen LogP contribution < -0.4 is 5.32 Å². The van der Waals surface area contributed by atoms with Crippen LogP contribution in [0.25, 0.3) is 17.4 Å². The second-order valence-electron chi connectivity index (χ2n) is 5.79. The minimum Gasteiger partial charge on any atom is -0.457 e. The number of carbonyl (C=O) groups is 1. The fourth-order valence-corrected chi connectivity index (χ4v) is 3.13. The summed E-state index contributed by atoms with van der Waals surface area (Å²) >= 11 is 3.50. The van der Waals surface area contributed by atoms with E-state index in [0.29, 0.717) is 11.5 Å². The van der Waals surface area contributed by atoms with Crippen LogP contribution in [0.4, 0.5) is 10.1 Å². The highest BCUT2D eigenvalue weighted by Gasteiger charge is 2.14. The summed E-state index contributed by atoms with van der Waals surface area (Å²) in [4.78, 5) is 12.3. The van der Waals surface area contributed by atoms with Crippen molar-refractivity contribution >= 4 is 33.6 Å². The molecule has 2 aromatic carbocycles. The molecule has 1 aromatic heterocycles. The number of anilines is 1. The lowest BCUT2D eigenvalue weighted by molar-refractivity contribution is -0.112. The predicted octanol–water partition coefficient (Wildman–Crippen LogP) is 5.70. The molecule has 0 aliphatic carbocycles. The van der Waals surface area contributed by atoms with Crippen LogP contribution in [0.2, 0.25) is 0 Å².